The fourth-order valence-electron chi connectivity index (χ4n) is 1.83. The Balaban J connectivity index is 0.00000242. The van der Waals surface area contributed by atoms with Crippen molar-refractivity contribution < 1.29 is 26.8 Å². The normalized spacial score (nSPS) is 9.95. The van der Waals surface area contributed by atoms with Crippen molar-refractivity contribution in [2.24, 2.45) is 0 Å². The maximum atomic E-state index is 11.9. The van der Waals surface area contributed by atoms with Crippen LogP contribution in [0.4, 0.5) is 0 Å². The van der Waals surface area contributed by atoms with Crippen LogP contribution in [0, 0.1) is 0 Å². The molecule has 0 spiro atoms. The molecule has 0 bridgehead atoms. The first-order valence-corrected chi connectivity index (χ1v) is 7.05. The van der Waals surface area contributed by atoms with Crippen LogP contribution >= 0.6 is 0 Å². The highest BCUT2D eigenvalue weighted by atomic mass is 35.5. The van der Waals surface area contributed by atoms with Gasteiger partial charge in [0.2, 0.25) is 0 Å². The molecule has 0 saturated heterocycles. The maximum Gasteiger partial charge on any atom is 0.251 e. The van der Waals surface area contributed by atoms with E-state index in [1.54, 1.807) is 24.3 Å². The summed E-state index contributed by atoms with van der Waals surface area (Å²) >= 11 is 0. The van der Waals surface area contributed by atoms with Gasteiger partial charge < -0.3 is 27.4 Å². The van der Waals surface area contributed by atoms with Crippen molar-refractivity contribution in [3.05, 3.63) is 60.2 Å². The highest BCUT2D eigenvalue weighted by Crippen LogP contribution is 2.20. The van der Waals surface area contributed by atoms with Crippen molar-refractivity contribution >= 4 is 5.91 Å². The highest BCUT2D eigenvalue weighted by molar-refractivity contribution is 5.94. The van der Waals surface area contributed by atoms with Gasteiger partial charge in [-0.3, -0.25) is 4.79 Å². The Morgan fingerprint density at radius 3 is 2.18 bits per heavy atom. The Labute approximate surface area is 137 Å². The monoisotopic (exact) mass is 320 g/mol. The van der Waals surface area contributed by atoms with Crippen molar-refractivity contribution in [3.63, 3.8) is 0 Å². The minimum absolute atomic E-state index is 0. The van der Waals surface area contributed by atoms with Crippen molar-refractivity contribution in [2.45, 2.75) is 0 Å². The van der Waals surface area contributed by atoms with E-state index >= 15 is 0 Å². The zero-order chi connectivity index (χ0) is 15.1. The third-order valence-corrected chi connectivity index (χ3v) is 3.01. The predicted octanol–water partition coefficient (Wildman–Crippen LogP) is -1.64. The van der Waals surface area contributed by atoms with Gasteiger partial charge in [0, 0.05) is 5.56 Å². The van der Waals surface area contributed by atoms with Crippen LogP contribution in [-0.2, 0) is 0 Å². The molecule has 118 valence electrons. The minimum atomic E-state index is -0.0532. The molecular formula is C17H21ClN2O2. The van der Waals surface area contributed by atoms with Gasteiger partial charge in [0.25, 0.3) is 5.91 Å². The summed E-state index contributed by atoms with van der Waals surface area (Å²) in [5.74, 6) is 1.45. The van der Waals surface area contributed by atoms with E-state index in [9.17, 15) is 4.79 Å². The van der Waals surface area contributed by atoms with Crippen LogP contribution in [0.5, 0.6) is 11.5 Å². The van der Waals surface area contributed by atoms with Crippen molar-refractivity contribution in [3.8, 4) is 11.5 Å². The molecule has 2 aromatic rings. The Kier molecular flexibility index (Phi) is 7.43. The van der Waals surface area contributed by atoms with Crippen LogP contribution < -0.4 is 27.4 Å². The molecule has 2 aromatic carbocycles. The number of hydrogen-bond donors (Lipinski definition) is 2. The van der Waals surface area contributed by atoms with Gasteiger partial charge in [-0.05, 0) is 36.4 Å². The van der Waals surface area contributed by atoms with E-state index in [4.69, 9.17) is 4.74 Å². The highest BCUT2D eigenvalue weighted by Gasteiger charge is 2.06. The van der Waals surface area contributed by atoms with Crippen molar-refractivity contribution in [1.29, 1.82) is 0 Å². The molecule has 0 saturated carbocycles. The number of hydrogen-bond acceptors (Lipinski definition) is 2. The number of rotatable bonds is 6. The fraction of sp³-hybridized carbons (Fsp3) is 0.235. The average Bonchev–Trinajstić information content (AvgIpc) is 2.48. The van der Waals surface area contributed by atoms with Gasteiger partial charge >= 0.3 is 0 Å². The number of halogens is 1. The summed E-state index contributed by atoms with van der Waals surface area (Å²) in [6.07, 6.45) is 0. The lowest BCUT2D eigenvalue weighted by atomic mass is 10.2. The summed E-state index contributed by atoms with van der Waals surface area (Å²) in [6.45, 7) is 1.57. The molecule has 0 aliphatic heterocycles. The third kappa shape index (κ3) is 5.76. The van der Waals surface area contributed by atoms with Crippen LogP contribution in [0.25, 0.3) is 0 Å². The number of ether oxygens (including phenoxy) is 1. The van der Waals surface area contributed by atoms with E-state index in [1.807, 2.05) is 30.3 Å². The Morgan fingerprint density at radius 2 is 1.59 bits per heavy atom. The van der Waals surface area contributed by atoms with Gasteiger partial charge in [-0.2, -0.15) is 0 Å². The minimum Gasteiger partial charge on any atom is -1.00 e. The molecule has 0 aliphatic carbocycles. The van der Waals surface area contributed by atoms with Crippen LogP contribution in [0.1, 0.15) is 10.4 Å². The number of para-hydroxylation sites is 1. The standard InChI is InChI=1S/C17H20N2O2.ClH/c1-19(2)13-12-18-17(20)14-8-10-16(11-9-14)21-15-6-4-3-5-7-15;/h3-11H,12-13H2,1-2H3,(H,18,20);1H. The number of amides is 1. The number of benzene rings is 2. The lowest BCUT2D eigenvalue weighted by Gasteiger charge is -2.09. The first-order chi connectivity index (χ1) is 10.1. The SMILES string of the molecule is C[NH+](C)CCNC(=O)c1ccc(Oc2ccccc2)cc1.[Cl-]. The molecule has 4 nitrogen and oxygen atoms in total. The van der Waals surface area contributed by atoms with Gasteiger partial charge in [-0.1, -0.05) is 18.2 Å². The van der Waals surface area contributed by atoms with Gasteiger partial charge in [-0.25, -0.2) is 0 Å². The summed E-state index contributed by atoms with van der Waals surface area (Å²) in [4.78, 5) is 13.2. The summed E-state index contributed by atoms with van der Waals surface area (Å²) in [5.41, 5.74) is 0.643. The second-order valence-electron chi connectivity index (χ2n) is 5.15. The Hall–Kier alpha value is -2.04. The summed E-state index contributed by atoms with van der Waals surface area (Å²) < 4.78 is 5.69. The van der Waals surface area contributed by atoms with Gasteiger partial charge in [-0.15, -0.1) is 0 Å². The molecule has 1 amide bonds. The van der Waals surface area contributed by atoms with E-state index in [-0.39, 0.29) is 18.3 Å². The topological polar surface area (TPSA) is 42.8 Å². The zero-order valence-electron chi connectivity index (χ0n) is 12.8. The van der Waals surface area contributed by atoms with E-state index in [0.29, 0.717) is 12.1 Å². The second-order valence-corrected chi connectivity index (χ2v) is 5.15. The predicted molar refractivity (Wildman–Crippen MR) is 83.0 cm³/mol. The van der Waals surface area contributed by atoms with Crippen LogP contribution in [-0.4, -0.2) is 33.1 Å². The number of carbonyl (C=O) groups is 1. The number of carbonyl (C=O) groups excluding carboxylic acids is 1. The van der Waals surface area contributed by atoms with Crippen LogP contribution in [0.2, 0.25) is 0 Å². The molecule has 2 rings (SSSR count). The number of quaternary nitrogens is 1. The molecule has 5 heteroatoms. The van der Waals surface area contributed by atoms with Crippen molar-refractivity contribution in [2.75, 3.05) is 27.2 Å². The zero-order valence-corrected chi connectivity index (χ0v) is 13.6. The molecule has 0 heterocycles. The maximum absolute atomic E-state index is 11.9. The van der Waals surface area contributed by atoms with Crippen LogP contribution in [0.3, 0.4) is 0 Å². The Bertz CT molecular complexity index is 571. The molecule has 0 fully saturated rings. The summed E-state index contributed by atoms with van der Waals surface area (Å²) in [7, 11) is 4.11. The summed E-state index contributed by atoms with van der Waals surface area (Å²) in [6, 6.07) is 16.7. The Morgan fingerprint density at radius 1 is 1.00 bits per heavy atom. The molecule has 0 unspecified atom stereocenters. The molecular weight excluding hydrogens is 300 g/mol. The van der Waals surface area contributed by atoms with Gasteiger partial charge in [0.15, 0.2) is 0 Å². The third-order valence-electron chi connectivity index (χ3n) is 3.01. The molecule has 0 atom stereocenters. The first kappa shape index (κ1) is 18.0. The quantitative estimate of drug-likeness (QED) is 0.670. The first-order valence-electron chi connectivity index (χ1n) is 7.05. The largest absolute Gasteiger partial charge is 1.00 e. The molecule has 22 heavy (non-hydrogen) atoms. The second kappa shape index (κ2) is 9.07. The lowest BCUT2D eigenvalue weighted by Crippen LogP contribution is -3.06. The molecule has 2 N–H and O–H groups in total. The number of nitrogens with one attached hydrogen (secondary N) is 2. The van der Waals surface area contributed by atoms with Crippen LogP contribution in [0.15, 0.2) is 54.6 Å². The van der Waals surface area contributed by atoms with E-state index < -0.39 is 0 Å². The number of likely N-dealkylation sites (N-methyl/N-ethyl adjacent to an activating group) is 1. The summed E-state index contributed by atoms with van der Waals surface area (Å²) in [5, 5.41) is 2.90. The smallest absolute Gasteiger partial charge is 0.251 e. The van der Waals surface area contributed by atoms with Crippen molar-refractivity contribution in [1.82, 2.24) is 5.32 Å². The van der Waals surface area contributed by atoms with E-state index in [0.717, 1.165) is 18.0 Å². The fourth-order valence-corrected chi connectivity index (χ4v) is 1.83. The molecule has 0 radical (unpaired) electrons. The average molecular weight is 321 g/mol. The van der Waals surface area contributed by atoms with E-state index in [1.165, 1.54) is 4.90 Å². The van der Waals surface area contributed by atoms with E-state index in [2.05, 4.69) is 19.4 Å². The molecule has 0 aliphatic rings. The van der Waals surface area contributed by atoms with Gasteiger partial charge in [0.1, 0.15) is 11.5 Å². The van der Waals surface area contributed by atoms with Gasteiger partial charge in [0.05, 0.1) is 27.2 Å². The lowest BCUT2D eigenvalue weighted by molar-refractivity contribution is -0.856. The molecule has 0 aromatic heterocycles.